The van der Waals surface area contributed by atoms with Crippen LogP contribution in [0.5, 0.6) is 0 Å². The molecule has 0 aromatic rings. The lowest BCUT2D eigenvalue weighted by Gasteiger charge is -2.50. The Bertz CT molecular complexity index is 299. The highest BCUT2D eigenvalue weighted by atomic mass is 16.5. The molecule has 2 aliphatic heterocycles. The molecule has 1 spiro atoms. The Labute approximate surface area is 113 Å². The van der Waals surface area contributed by atoms with E-state index in [1.165, 1.54) is 25.7 Å². The molecule has 2 aliphatic rings. The van der Waals surface area contributed by atoms with Crippen LogP contribution in [0.1, 0.15) is 60.3 Å². The Morgan fingerprint density at radius 2 is 1.78 bits per heavy atom. The number of rotatable bonds is 1. The van der Waals surface area contributed by atoms with Crippen LogP contribution >= 0.6 is 0 Å². The van der Waals surface area contributed by atoms with Crippen LogP contribution in [-0.2, 0) is 4.74 Å². The van der Waals surface area contributed by atoms with Gasteiger partial charge in [0.15, 0.2) is 0 Å². The molecule has 2 saturated heterocycles. The van der Waals surface area contributed by atoms with Crippen molar-refractivity contribution in [3.63, 3.8) is 0 Å². The van der Waals surface area contributed by atoms with E-state index in [-0.39, 0.29) is 5.60 Å². The van der Waals surface area contributed by atoms with E-state index in [9.17, 15) is 0 Å². The van der Waals surface area contributed by atoms with Crippen LogP contribution in [0.3, 0.4) is 0 Å². The molecule has 0 bridgehead atoms. The Morgan fingerprint density at radius 1 is 1.06 bits per heavy atom. The van der Waals surface area contributed by atoms with Crippen molar-refractivity contribution in [3.8, 4) is 0 Å². The van der Waals surface area contributed by atoms with Gasteiger partial charge in [0, 0.05) is 13.2 Å². The van der Waals surface area contributed by atoms with Crippen LogP contribution in [0.2, 0.25) is 0 Å². The molecule has 0 saturated carbocycles. The highest BCUT2D eigenvalue weighted by Gasteiger charge is 2.47. The Balaban J connectivity index is 2.19. The minimum Gasteiger partial charge on any atom is -0.375 e. The van der Waals surface area contributed by atoms with Gasteiger partial charge in [-0.15, -0.1) is 0 Å². The molecular formula is C16H31NO. The quantitative estimate of drug-likeness (QED) is 0.771. The summed E-state index contributed by atoms with van der Waals surface area (Å²) < 4.78 is 6.33. The number of hydrogen-bond donors (Lipinski definition) is 1. The average molecular weight is 253 g/mol. The van der Waals surface area contributed by atoms with Gasteiger partial charge in [0.25, 0.3) is 0 Å². The molecule has 2 rings (SSSR count). The van der Waals surface area contributed by atoms with Crippen LogP contribution < -0.4 is 5.32 Å². The van der Waals surface area contributed by atoms with Gasteiger partial charge in [-0.25, -0.2) is 0 Å². The third-order valence-corrected chi connectivity index (χ3v) is 5.36. The Hall–Kier alpha value is -0.0800. The fourth-order valence-corrected chi connectivity index (χ4v) is 3.91. The maximum atomic E-state index is 6.33. The predicted molar refractivity (Wildman–Crippen MR) is 76.7 cm³/mol. The largest absolute Gasteiger partial charge is 0.375 e. The minimum atomic E-state index is 0.129. The van der Waals surface area contributed by atoms with E-state index in [1.807, 2.05) is 0 Å². The summed E-state index contributed by atoms with van der Waals surface area (Å²) in [5.74, 6) is 0.748. The first-order chi connectivity index (χ1) is 8.27. The highest BCUT2D eigenvalue weighted by Crippen LogP contribution is 2.49. The summed E-state index contributed by atoms with van der Waals surface area (Å²) >= 11 is 0. The maximum absolute atomic E-state index is 6.33. The summed E-state index contributed by atoms with van der Waals surface area (Å²) in [7, 11) is 0. The van der Waals surface area contributed by atoms with E-state index in [2.05, 4.69) is 39.9 Å². The lowest BCUT2D eigenvalue weighted by Crippen LogP contribution is -2.48. The van der Waals surface area contributed by atoms with Crippen molar-refractivity contribution in [2.24, 2.45) is 16.7 Å². The van der Waals surface area contributed by atoms with Crippen molar-refractivity contribution in [1.29, 1.82) is 0 Å². The molecule has 2 heterocycles. The lowest BCUT2D eigenvalue weighted by atomic mass is 9.64. The molecule has 106 valence electrons. The van der Waals surface area contributed by atoms with E-state index >= 15 is 0 Å². The smallest absolute Gasteiger partial charge is 0.0705 e. The molecule has 18 heavy (non-hydrogen) atoms. The van der Waals surface area contributed by atoms with Crippen molar-refractivity contribution in [1.82, 2.24) is 5.32 Å². The maximum Gasteiger partial charge on any atom is 0.0705 e. The molecule has 0 amide bonds. The molecule has 1 N–H and O–H groups in total. The van der Waals surface area contributed by atoms with Crippen molar-refractivity contribution >= 4 is 0 Å². The summed E-state index contributed by atoms with van der Waals surface area (Å²) in [6.07, 6.45) is 4.84. The van der Waals surface area contributed by atoms with Crippen molar-refractivity contribution < 1.29 is 4.74 Å². The van der Waals surface area contributed by atoms with Crippen molar-refractivity contribution in [3.05, 3.63) is 0 Å². The average Bonchev–Trinajstić information content (AvgIpc) is 2.36. The molecule has 2 heteroatoms. The second-order valence-corrected chi connectivity index (χ2v) is 8.03. The summed E-state index contributed by atoms with van der Waals surface area (Å²) in [6.45, 7) is 15.1. The monoisotopic (exact) mass is 253 g/mol. The fourth-order valence-electron chi connectivity index (χ4n) is 3.91. The second kappa shape index (κ2) is 4.79. The predicted octanol–water partition coefficient (Wildman–Crippen LogP) is 3.61. The molecule has 0 aromatic carbocycles. The fraction of sp³-hybridized carbons (Fsp3) is 1.00. The van der Waals surface area contributed by atoms with Crippen LogP contribution in [0, 0.1) is 16.7 Å². The first kappa shape index (κ1) is 14.3. The van der Waals surface area contributed by atoms with Gasteiger partial charge in [-0.3, -0.25) is 0 Å². The lowest BCUT2D eigenvalue weighted by molar-refractivity contribution is -0.149. The zero-order chi connectivity index (χ0) is 13.4. The molecule has 2 nitrogen and oxygen atoms in total. The van der Waals surface area contributed by atoms with E-state index in [0.29, 0.717) is 10.8 Å². The van der Waals surface area contributed by atoms with Crippen molar-refractivity contribution in [2.75, 3.05) is 19.7 Å². The third kappa shape index (κ3) is 2.91. The van der Waals surface area contributed by atoms with Gasteiger partial charge in [0.1, 0.15) is 0 Å². The van der Waals surface area contributed by atoms with Gasteiger partial charge in [0.05, 0.1) is 5.60 Å². The molecular weight excluding hydrogens is 222 g/mol. The molecule has 0 aromatic heterocycles. The third-order valence-electron chi connectivity index (χ3n) is 5.36. The van der Waals surface area contributed by atoms with Crippen LogP contribution in [0.15, 0.2) is 0 Å². The van der Waals surface area contributed by atoms with Gasteiger partial charge >= 0.3 is 0 Å². The molecule has 2 fully saturated rings. The van der Waals surface area contributed by atoms with Gasteiger partial charge < -0.3 is 10.1 Å². The second-order valence-electron chi connectivity index (χ2n) is 8.03. The molecule has 0 aliphatic carbocycles. The van der Waals surface area contributed by atoms with E-state index < -0.39 is 0 Å². The SMILES string of the molecule is CC(C)C1(C)CCOC2(CCNCC(C)(C)C2)C1. The number of nitrogens with one attached hydrogen (secondary N) is 1. The minimum absolute atomic E-state index is 0.129. The highest BCUT2D eigenvalue weighted by molar-refractivity contribution is 4.99. The zero-order valence-electron chi connectivity index (χ0n) is 12.9. The van der Waals surface area contributed by atoms with E-state index in [4.69, 9.17) is 4.74 Å². The zero-order valence-corrected chi connectivity index (χ0v) is 12.9. The Kier molecular flexibility index (Phi) is 3.81. The normalized spacial score (nSPS) is 41.0. The van der Waals surface area contributed by atoms with Gasteiger partial charge in [0.2, 0.25) is 0 Å². The Morgan fingerprint density at radius 3 is 2.44 bits per heavy atom. The van der Waals surface area contributed by atoms with E-state index in [1.54, 1.807) is 0 Å². The summed E-state index contributed by atoms with van der Waals surface area (Å²) in [4.78, 5) is 0. The first-order valence-corrected chi connectivity index (χ1v) is 7.62. The van der Waals surface area contributed by atoms with Crippen molar-refractivity contribution in [2.45, 2.75) is 65.9 Å². The summed E-state index contributed by atoms with van der Waals surface area (Å²) in [6, 6.07) is 0. The van der Waals surface area contributed by atoms with Gasteiger partial charge in [-0.05, 0) is 49.0 Å². The van der Waals surface area contributed by atoms with Crippen LogP contribution in [-0.4, -0.2) is 25.3 Å². The topological polar surface area (TPSA) is 21.3 Å². The summed E-state index contributed by atoms with van der Waals surface area (Å²) in [5.41, 5.74) is 0.939. The van der Waals surface area contributed by atoms with E-state index in [0.717, 1.165) is 25.6 Å². The first-order valence-electron chi connectivity index (χ1n) is 7.62. The van der Waals surface area contributed by atoms with Crippen LogP contribution in [0.4, 0.5) is 0 Å². The van der Waals surface area contributed by atoms with Crippen LogP contribution in [0.25, 0.3) is 0 Å². The number of ether oxygens (including phenoxy) is 1. The van der Waals surface area contributed by atoms with Gasteiger partial charge in [-0.1, -0.05) is 34.6 Å². The summed E-state index contributed by atoms with van der Waals surface area (Å²) in [5, 5.41) is 3.59. The molecule has 2 unspecified atom stereocenters. The molecule has 2 atom stereocenters. The number of hydrogen-bond acceptors (Lipinski definition) is 2. The standard InChI is InChI=1S/C16H31NO/c1-13(2)15(5)7-9-18-16(11-15)6-8-17-12-14(3,4)10-16/h13,17H,6-12H2,1-5H3. The van der Waals surface area contributed by atoms with Gasteiger partial charge in [-0.2, -0.15) is 0 Å². The molecule has 0 radical (unpaired) electrons.